The van der Waals surface area contributed by atoms with Crippen molar-refractivity contribution < 1.29 is 4.79 Å². The number of nitrogens with one attached hydrogen (secondary N) is 1. The molecule has 2 heterocycles. The van der Waals surface area contributed by atoms with Gasteiger partial charge in [-0.15, -0.1) is 0 Å². The molecule has 0 bridgehead atoms. The van der Waals surface area contributed by atoms with Crippen molar-refractivity contribution in [3.05, 3.63) is 59.9 Å². The fraction of sp³-hybridized carbons (Fsp3) is 0.429. The zero-order valence-electron chi connectivity index (χ0n) is 16.6. The number of aromatic nitrogens is 5. The molecular formula is C21H26N6O. The molecule has 0 spiro atoms. The van der Waals surface area contributed by atoms with Gasteiger partial charge in [-0.3, -0.25) is 9.48 Å². The fourth-order valence-electron chi connectivity index (χ4n) is 3.91. The number of carbonyl (C=O) groups excluding carboxylic acids is 1. The molecule has 1 aliphatic rings. The van der Waals surface area contributed by atoms with Gasteiger partial charge in [0.15, 0.2) is 0 Å². The average Bonchev–Trinajstić information content (AvgIpc) is 3.29. The Labute approximate surface area is 164 Å². The Morgan fingerprint density at radius 2 is 2.04 bits per heavy atom. The van der Waals surface area contributed by atoms with Crippen LogP contribution in [0.2, 0.25) is 0 Å². The Morgan fingerprint density at radius 1 is 1.25 bits per heavy atom. The van der Waals surface area contributed by atoms with Gasteiger partial charge in [0.25, 0.3) is 0 Å². The van der Waals surface area contributed by atoms with Gasteiger partial charge in [0.1, 0.15) is 12.7 Å². The molecule has 2 aromatic heterocycles. The summed E-state index contributed by atoms with van der Waals surface area (Å²) in [4.78, 5) is 16.5. The molecule has 1 amide bonds. The van der Waals surface area contributed by atoms with E-state index < -0.39 is 0 Å². The summed E-state index contributed by atoms with van der Waals surface area (Å²) in [5.41, 5.74) is 4.67. The second-order valence-corrected chi connectivity index (χ2v) is 8.37. The van der Waals surface area contributed by atoms with Crippen LogP contribution in [0.15, 0.2) is 43.1 Å². The van der Waals surface area contributed by atoms with E-state index in [9.17, 15) is 4.79 Å². The van der Waals surface area contributed by atoms with Crippen molar-refractivity contribution in [3.8, 4) is 5.69 Å². The highest BCUT2D eigenvalue weighted by Gasteiger charge is 2.35. The summed E-state index contributed by atoms with van der Waals surface area (Å²) in [6.07, 6.45) is 7.22. The van der Waals surface area contributed by atoms with Crippen LogP contribution in [0.25, 0.3) is 5.69 Å². The Bertz CT molecular complexity index is 955. The second-order valence-electron chi connectivity index (χ2n) is 8.37. The summed E-state index contributed by atoms with van der Waals surface area (Å²) in [5.74, 6) is 0.0206. The summed E-state index contributed by atoms with van der Waals surface area (Å²) >= 11 is 0. The number of carbonyl (C=O) groups is 1. The third-order valence-corrected chi connectivity index (χ3v) is 5.33. The number of hydrogen-bond acceptors (Lipinski definition) is 4. The number of rotatable bonds is 5. The zero-order chi connectivity index (χ0) is 19.7. The van der Waals surface area contributed by atoms with Crippen LogP contribution in [0, 0.1) is 12.3 Å². The summed E-state index contributed by atoms with van der Waals surface area (Å²) in [5, 5.41) is 11.9. The van der Waals surface area contributed by atoms with Gasteiger partial charge in [0.2, 0.25) is 5.91 Å². The Kier molecular flexibility index (Phi) is 4.75. The molecule has 0 aliphatic heterocycles. The lowest BCUT2D eigenvalue weighted by Crippen LogP contribution is -2.37. The van der Waals surface area contributed by atoms with E-state index >= 15 is 0 Å². The summed E-state index contributed by atoms with van der Waals surface area (Å²) in [7, 11) is 0. The molecule has 1 N–H and O–H groups in total. The third-order valence-electron chi connectivity index (χ3n) is 5.33. The van der Waals surface area contributed by atoms with Gasteiger partial charge in [-0.25, -0.2) is 9.67 Å². The molecule has 3 aromatic rings. The number of aryl methyl sites for hydroxylation is 2. The summed E-state index contributed by atoms with van der Waals surface area (Å²) in [6, 6.07) is 8.36. The van der Waals surface area contributed by atoms with Gasteiger partial charge in [-0.1, -0.05) is 31.5 Å². The van der Waals surface area contributed by atoms with Crippen LogP contribution in [-0.2, 0) is 17.8 Å². The number of hydrogen-bond donors (Lipinski definition) is 1. The number of nitrogens with zero attached hydrogens (tertiary/aromatic N) is 5. The fourth-order valence-corrected chi connectivity index (χ4v) is 3.91. The predicted octanol–water partition coefficient (Wildman–Crippen LogP) is 2.99. The van der Waals surface area contributed by atoms with Crippen LogP contribution in [-0.4, -0.2) is 30.5 Å². The molecular weight excluding hydrogens is 352 g/mol. The van der Waals surface area contributed by atoms with Crippen LogP contribution >= 0.6 is 0 Å². The molecule has 0 saturated carbocycles. The van der Waals surface area contributed by atoms with Crippen molar-refractivity contribution in [2.75, 3.05) is 0 Å². The molecule has 7 nitrogen and oxygen atoms in total. The molecule has 7 heteroatoms. The minimum Gasteiger partial charge on any atom is -0.349 e. The monoisotopic (exact) mass is 378 g/mol. The first-order valence-corrected chi connectivity index (χ1v) is 9.67. The van der Waals surface area contributed by atoms with Crippen molar-refractivity contribution in [3.63, 3.8) is 0 Å². The largest absolute Gasteiger partial charge is 0.349 e. The highest BCUT2D eigenvalue weighted by Crippen LogP contribution is 2.41. The summed E-state index contributed by atoms with van der Waals surface area (Å²) < 4.78 is 3.69. The molecule has 0 unspecified atom stereocenters. The van der Waals surface area contributed by atoms with Crippen LogP contribution in [0.3, 0.4) is 0 Å². The quantitative estimate of drug-likeness (QED) is 0.740. The Morgan fingerprint density at radius 3 is 2.75 bits per heavy atom. The highest BCUT2D eigenvalue weighted by atomic mass is 16.1. The molecule has 146 valence electrons. The molecule has 28 heavy (non-hydrogen) atoms. The molecule has 0 radical (unpaired) electrons. The molecule has 0 fully saturated rings. The lowest BCUT2D eigenvalue weighted by atomic mass is 9.74. The second kappa shape index (κ2) is 7.22. The van der Waals surface area contributed by atoms with Gasteiger partial charge in [-0.05, 0) is 37.3 Å². The minimum absolute atomic E-state index is 0.0206. The van der Waals surface area contributed by atoms with Crippen LogP contribution in [0.4, 0.5) is 0 Å². The SMILES string of the molecule is Cc1ccc(-n2ncc3c2CC(C)(C)C[C@H]3NC(=O)CCn2cncn2)cc1. The van der Waals surface area contributed by atoms with Crippen molar-refractivity contribution in [1.82, 2.24) is 29.9 Å². The smallest absolute Gasteiger partial charge is 0.222 e. The third kappa shape index (κ3) is 3.83. The molecule has 1 atom stereocenters. The van der Waals surface area contributed by atoms with E-state index in [1.807, 2.05) is 10.9 Å². The highest BCUT2D eigenvalue weighted by molar-refractivity contribution is 5.76. The van der Waals surface area contributed by atoms with E-state index in [1.54, 1.807) is 11.0 Å². The maximum absolute atomic E-state index is 12.5. The van der Waals surface area contributed by atoms with Gasteiger partial charge >= 0.3 is 0 Å². The van der Waals surface area contributed by atoms with Crippen LogP contribution in [0.1, 0.15) is 49.6 Å². The maximum atomic E-state index is 12.5. The standard InChI is InChI=1S/C21H26N6O/c1-15-4-6-16(7-5-15)27-19-11-21(2,3)10-18(17(19)12-23-27)25-20(28)8-9-26-14-22-13-24-26/h4-7,12-14,18H,8-11H2,1-3H3,(H,25,28)/t18-/m1/s1. The zero-order valence-corrected chi connectivity index (χ0v) is 16.6. The molecule has 0 saturated heterocycles. The average molecular weight is 378 g/mol. The van der Waals surface area contributed by atoms with Crippen molar-refractivity contribution in [2.24, 2.45) is 5.41 Å². The lowest BCUT2D eigenvalue weighted by molar-refractivity contribution is -0.122. The van der Waals surface area contributed by atoms with E-state index in [0.29, 0.717) is 13.0 Å². The van der Waals surface area contributed by atoms with E-state index in [-0.39, 0.29) is 17.4 Å². The van der Waals surface area contributed by atoms with Gasteiger partial charge in [-0.2, -0.15) is 10.2 Å². The van der Waals surface area contributed by atoms with E-state index in [4.69, 9.17) is 0 Å². The van der Waals surface area contributed by atoms with E-state index in [1.165, 1.54) is 17.6 Å². The normalized spacial score (nSPS) is 17.9. The Hall–Kier alpha value is -2.96. The van der Waals surface area contributed by atoms with Crippen LogP contribution in [0.5, 0.6) is 0 Å². The number of fused-ring (bicyclic) bond motifs is 1. The Balaban J connectivity index is 1.55. The van der Waals surface area contributed by atoms with Crippen molar-refractivity contribution in [1.29, 1.82) is 0 Å². The molecule has 1 aromatic carbocycles. The number of amides is 1. The maximum Gasteiger partial charge on any atom is 0.222 e. The first-order valence-electron chi connectivity index (χ1n) is 9.67. The van der Waals surface area contributed by atoms with Gasteiger partial charge in [0, 0.05) is 12.0 Å². The number of benzene rings is 1. The van der Waals surface area contributed by atoms with Gasteiger partial charge < -0.3 is 5.32 Å². The van der Waals surface area contributed by atoms with Crippen molar-refractivity contribution in [2.45, 2.75) is 52.6 Å². The van der Waals surface area contributed by atoms with E-state index in [0.717, 1.165) is 24.1 Å². The predicted molar refractivity (Wildman–Crippen MR) is 106 cm³/mol. The molecule has 4 rings (SSSR count). The van der Waals surface area contributed by atoms with E-state index in [2.05, 4.69) is 65.5 Å². The first-order chi connectivity index (χ1) is 13.4. The van der Waals surface area contributed by atoms with Crippen LogP contribution < -0.4 is 5.32 Å². The van der Waals surface area contributed by atoms with Gasteiger partial charge in [0.05, 0.1) is 30.2 Å². The topological polar surface area (TPSA) is 77.6 Å². The first kappa shape index (κ1) is 18.4. The minimum atomic E-state index is -0.0267. The summed E-state index contributed by atoms with van der Waals surface area (Å²) in [6.45, 7) is 7.10. The molecule has 1 aliphatic carbocycles. The van der Waals surface area contributed by atoms with Crippen molar-refractivity contribution >= 4 is 5.91 Å². The lowest BCUT2D eigenvalue weighted by Gasteiger charge is -2.36.